The molecule has 0 fully saturated rings. The molecule has 1 aliphatic rings. The average molecular weight is 207 g/mol. The standard InChI is InChI=1S/C9H12F3NO/c1-14-7-2-4-8(6-13,5-3-7)9(10,11)12/h2-4H,5-6,13H2,1H3. The molecule has 0 heterocycles. The smallest absolute Gasteiger partial charge is 0.399 e. The van der Waals surface area contributed by atoms with Gasteiger partial charge in [-0.3, -0.25) is 0 Å². The Morgan fingerprint density at radius 2 is 2.21 bits per heavy atom. The van der Waals surface area contributed by atoms with Gasteiger partial charge in [0.25, 0.3) is 0 Å². The van der Waals surface area contributed by atoms with Crippen LogP contribution in [0.4, 0.5) is 13.2 Å². The van der Waals surface area contributed by atoms with Crippen molar-refractivity contribution in [3.8, 4) is 0 Å². The van der Waals surface area contributed by atoms with E-state index in [-0.39, 0.29) is 6.42 Å². The Hall–Kier alpha value is -0.970. The van der Waals surface area contributed by atoms with E-state index in [9.17, 15) is 13.2 Å². The number of rotatable bonds is 2. The van der Waals surface area contributed by atoms with Gasteiger partial charge in [0.1, 0.15) is 11.2 Å². The summed E-state index contributed by atoms with van der Waals surface area (Å²) < 4.78 is 42.7. The number of halogens is 3. The Morgan fingerprint density at radius 3 is 2.50 bits per heavy atom. The molecule has 5 heteroatoms. The van der Waals surface area contributed by atoms with Crippen molar-refractivity contribution in [1.29, 1.82) is 0 Å². The van der Waals surface area contributed by atoms with E-state index in [1.165, 1.54) is 19.3 Å². The van der Waals surface area contributed by atoms with Crippen LogP contribution in [0.5, 0.6) is 0 Å². The minimum Gasteiger partial charge on any atom is -0.497 e. The lowest BCUT2D eigenvalue weighted by Crippen LogP contribution is -2.43. The molecule has 2 nitrogen and oxygen atoms in total. The minimum absolute atomic E-state index is 0.160. The van der Waals surface area contributed by atoms with E-state index in [0.717, 1.165) is 6.08 Å². The summed E-state index contributed by atoms with van der Waals surface area (Å²) >= 11 is 0. The fraction of sp³-hybridized carbons (Fsp3) is 0.556. The molecule has 0 aromatic heterocycles. The van der Waals surface area contributed by atoms with Crippen LogP contribution in [0.15, 0.2) is 24.0 Å². The molecule has 0 spiro atoms. The third-order valence-electron chi connectivity index (χ3n) is 2.40. The van der Waals surface area contributed by atoms with Crippen LogP contribution in [-0.2, 0) is 4.74 Å². The van der Waals surface area contributed by atoms with E-state index in [0.29, 0.717) is 5.76 Å². The van der Waals surface area contributed by atoms with E-state index in [2.05, 4.69) is 0 Å². The highest BCUT2D eigenvalue weighted by Gasteiger charge is 2.52. The number of hydrogen-bond acceptors (Lipinski definition) is 2. The lowest BCUT2D eigenvalue weighted by atomic mass is 9.80. The molecule has 14 heavy (non-hydrogen) atoms. The molecule has 0 aliphatic heterocycles. The molecule has 0 saturated heterocycles. The van der Waals surface area contributed by atoms with Gasteiger partial charge in [0.05, 0.1) is 7.11 Å². The lowest BCUT2D eigenvalue weighted by Gasteiger charge is -2.32. The molecule has 0 aromatic rings. The first-order chi connectivity index (χ1) is 6.45. The van der Waals surface area contributed by atoms with Crippen molar-refractivity contribution in [2.45, 2.75) is 12.6 Å². The highest BCUT2D eigenvalue weighted by Crippen LogP contribution is 2.44. The van der Waals surface area contributed by atoms with Crippen molar-refractivity contribution in [2.24, 2.45) is 11.1 Å². The van der Waals surface area contributed by atoms with Gasteiger partial charge in [-0.05, 0) is 18.6 Å². The first-order valence-corrected chi connectivity index (χ1v) is 4.15. The van der Waals surface area contributed by atoms with Crippen LogP contribution in [0.25, 0.3) is 0 Å². The summed E-state index contributed by atoms with van der Waals surface area (Å²) in [6.07, 6.45) is -0.684. The molecule has 1 aliphatic carbocycles. The second kappa shape index (κ2) is 3.65. The quantitative estimate of drug-likeness (QED) is 0.751. The zero-order valence-electron chi connectivity index (χ0n) is 7.77. The number of hydrogen-bond donors (Lipinski definition) is 1. The van der Waals surface area contributed by atoms with Gasteiger partial charge in [0.15, 0.2) is 0 Å². The third kappa shape index (κ3) is 1.77. The zero-order valence-corrected chi connectivity index (χ0v) is 7.77. The molecule has 2 N–H and O–H groups in total. The Bertz CT molecular complexity index is 270. The molecule has 80 valence electrons. The molecule has 1 unspecified atom stereocenters. The van der Waals surface area contributed by atoms with E-state index >= 15 is 0 Å². The highest BCUT2D eigenvalue weighted by atomic mass is 19.4. The second-order valence-corrected chi connectivity index (χ2v) is 3.21. The van der Waals surface area contributed by atoms with Crippen molar-refractivity contribution < 1.29 is 17.9 Å². The molecular formula is C9H12F3NO. The van der Waals surface area contributed by atoms with Gasteiger partial charge in [-0.1, -0.05) is 6.08 Å². The molecule has 0 saturated carbocycles. The molecule has 1 atom stereocenters. The van der Waals surface area contributed by atoms with Crippen molar-refractivity contribution in [3.05, 3.63) is 24.0 Å². The van der Waals surface area contributed by atoms with Gasteiger partial charge < -0.3 is 10.5 Å². The van der Waals surface area contributed by atoms with E-state index in [1.54, 1.807) is 0 Å². The number of methoxy groups -OCH3 is 1. The SMILES string of the molecule is COC1=CCC(CN)(C(F)(F)F)C=C1. The number of nitrogens with two attached hydrogens (primary N) is 1. The molecular weight excluding hydrogens is 195 g/mol. The van der Waals surface area contributed by atoms with Crippen LogP contribution in [0.1, 0.15) is 6.42 Å². The van der Waals surface area contributed by atoms with Crippen molar-refractivity contribution >= 4 is 0 Å². The van der Waals surface area contributed by atoms with Gasteiger partial charge >= 0.3 is 6.18 Å². The fourth-order valence-corrected chi connectivity index (χ4v) is 1.29. The Morgan fingerprint density at radius 1 is 1.57 bits per heavy atom. The summed E-state index contributed by atoms with van der Waals surface area (Å²) in [5, 5.41) is 0. The van der Waals surface area contributed by atoms with Crippen LogP contribution < -0.4 is 5.73 Å². The predicted molar refractivity (Wildman–Crippen MR) is 46.4 cm³/mol. The third-order valence-corrected chi connectivity index (χ3v) is 2.40. The lowest BCUT2D eigenvalue weighted by molar-refractivity contribution is -0.202. The molecule has 1 rings (SSSR count). The maximum atomic E-state index is 12.6. The maximum Gasteiger partial charge on any atom is 0.399 e. The topological polar surface area (TPSA) is 35.2 Å². The molecule has 0 bridgehead atoms. The van der Waals surface area contributed by atoms with E-state index in [1.807, 2.05) is 0 Å². The highest BCUT2D eigenvalue weighted by molar-refractivity contribution is 5.24. The van der Waals surface area contributed by atoms with Gasteiger partial charge in [0.2, 0.25) is 0 Å². The molecule has 0 radical (unpaired) electrons. The zero-order chi connectivity index (χ0) is 10.8. The van der Waals surface area contributed by atoms with Crippen molar-refractivity contribution in [2.75, 3.05) is 13.7 Å². The van der Waals surface area contributed by atoms with Crippen molar-refractivity contribution in [1.82, 2.24) is 0 Å². The first kappa shape index (κ1) is 11.1. The van der Waals surface area contributed by atoms with Crippen LogP contribution >= 0.6 is 0 Å². The summed E-state index contributed by atoms with van der Waals surface area (Å²) in [4.78, 5) is 0. The normalized spacial score (nSPS) is 27.4. The van der Waals surface area contributed by atoms with Crippen LogP contribution in [0.2, 0.25) is 0 Å². The first-order valence-electron chi connectivity index (χ1n) is 4.15. The van der Waals surface area contributed by atoms with Gasteiger partial charge in [-0.25, -0.2) is 0 Å². The summed E-state index contributed by atoms with van der Waals surface area (Å²) in [6, 6.07) is 0. The Balaban J connectivity index is 2.89. The molecule has 0 amide bonds. The van der Waals surface area contributed by atoms with Crippen LogP contribution in [0.3, 0.4) is 0 Å². The summed E-state index contributed by atoms with van der Waals surface area (Å²) in [5.74, 6) is 0.443. The summed E-state index contributed by atoms with van der Waals surface area (Å²) in [5.41, 5.74) is 3.25. The fourth-order valence-electron chi connectivity index (χ4n) is 1.29. The van der Waals surface area contributed by atoms with Crippen LogP contribution in [-0.4, -0.2) is 19.8 Å². The maximum absolute atomic E-state index is 12.6. The Labute approximate surface area is 80.2 Å². The number of alkyl halides is 3. The largest absolute Gasteiger partial charge is 0.497 e. The number of ether oxygens (including phenoxy) is 1. The predicted octanol–water partition coefficient (Wildman–Crippen LogP) is 1.98. The number of allylic oxidation sites excluding steroid dienone is 2. The van der Waals surface area contributed by atoms with E-state index < -0.39 is 18.1 Å². The summed E-state index contributed by atoms with van der Waals surface area (Å²) in [6.45, 7) is -0.444. The van der Waals surface area contributed by atoms with Gasteiger partial charge in [-0.15, -0.1) is 0 Å². The van der Waals surface area contributed by atoms with Gasteiger partial charge in [-0.2, -0.15) is 13.2 Å². The van der Waals surface area contributed by atoms with E-state index in [4.69, 9.17) is 10.5 Å². The average Bonchev–Trinajstić information content (AvgIpc) is 2.16. The molecule has 0 aromatic carbocycles. The minimum atomic E-state index is -4.31. The van der Waals surface area contributed by atoms with Crippen molar-refractivity contribution in [3.63, 3.8) is 0 Å². The van der Waals surface area contributed by atoms with Gasteiger partial charge in [0, 0.05) is 6.54 Å². The Kier molecular flexibility index (Phi) is 2.89. The second-order valence-electron chi connectivity index (χ2n) is 3.21. The summed E-state index contributed by atoms with van der Waals surface area (Å²) in [7, 11) is 1.42. The monoisotopic (exact) mass is 207 g/mol. The van der Waals surface area contributed by atoms with Crippen LogP contribution in [0, 0.1) is 5.41 Å².